The number of carbonyl (C=O) groups is 1. The molecule has 0 fully saturated rings. The van der Waals surface area contributed by atoms with Gasteiger partial charge in [-0.25, -0.2) is 4.79 Å². The second-order valence-electron chi connectivity index (χ2n) is 7.15. The fraction of sp³-hybridized carbons (Fsp3) is 0.286. The topological polar surface area (TPSA) is 109 Å². The van der Waals surface area contributed by atoms with Crippen molar-refractivity contribution in [1.29, 1.82) is 0 Å². The molecule has 9 heteroatoms. The molecule has 8 nitrogen and oxygen atoms in total. The van der Waals surface area contributed by atoms with Crippen molar-refractivity contribution < 1.29 is 9.21 Å². The number of carbonyl (C=O) groups excluding carboxylic acids is 1. The predicted molar refractivity (Wildman–Crippen MR) is 114 cm³/mol. The van der Waals surface area contributed by atoms with Gasteiger partial charge in [-0.3, -0.25) is 19.1 Å². The molecule has 3 aromatic rings. The van der Waals surface area contributed by atoms with Crippen LogP contribution in [0.3, 0.4) is 0 Å². The molecule has 4 rings (SSSR count). The van der Waals surface area contributed by atoms with Crippen LogP contribution in [0.15, 0.2) is 50.4 Å². The quantitative estimate of drug-likeness (QED) is 0.501. The molecule has 0 radical (unpaired) electrons. The van der Waals surface area contributed by atoms with Gasteiger partial charge >= 0.3 is 5.69 Å². The van der Waals surface area contributed by atoms with Crippen molar-refractivity contribution in [1.82, 2.24) is 14.9 Å². The number of nitrogens with one attached hydrogen (secondary N) is 3. The van der Waals surface area contributed by atoms with E-state index in [0.29, 0.717) is 12.2 Å². The Hall–Kier alpha value is -3.26. The number of aromatic amines is 1. The van der Waals surface area contributed by atoms with Gasteiger partial charge in [-0.05, 0) is 72.7 Å². The van der Waals surface area contributed by atoms with Crippen LogP contribution in [0.1, 0.15) is 34.5 Å². The molecule has 2 heterocycles. The summed E-state index contributed by atoms with van der Waals surface area (Å²) >= 11 is 5.64. The van der Waals surface area contributed by atoms with Gasteiger partial charge in [-0.15, -0.1) is 0 Å². The van der Waals surface area contributed by atoms with Crippen LogP contribution in [-0.4, -0.2) is 22.0 Å². The number of furan rings is 1. The van der Waals surface area contributed by atoms with E-state index in [0.717, 1.165) is 29.5 Å². The second kappa shape index (κ2) is 8.62. The Labute approximate surface area is 176 Å². The predicted octanol–water partition coefficient (Wildman–Crippen LogP) is 2.84. The Morgan fingerprint density at radius 2 is 1.97 bits per heavy atom. The van der Waals surface area contributed by atoms with E-state index in [-0.39, 0.29) is 24.1 Å². The minimum absolute atomic E-state index is 0.108. The van der Waals surface area contributed by atoms with E-state index in [9.17, 15) is 14.4 Å². The molecule has 1 aromatic carbocycles. The van der Waals surface area contributed by atoms with E-state index in [1.807, 2.05) is 6.07 Å². The highest BCUT2D eigenvalue weighted by Gasteiger charge is 2.12. The number of nitrogens with zero attached hydrogens (tertiary/aromatic N) is 1. The number of H-pyrrole nitrogens is 1. The number of aromatic nitrogens is 2. The second-order valence-corrected chi connectivity index (χ2v) is 7.53. The molecule has 0 saturated heterocycles. The van der Waals surface area contributed by atoms with E-state index >= 15 is 0 Å². The van der Waals surface area contributed by atoms with Gasteiger partial charge in [0.15, 0.2) is 11.0 Å². The van der Waals surface area contributed by atoms with Gasteiger partial charge in [0.1, 0.15) is 5.82 Å². The van der Waals surface area contributed by atoms with Gasteiger partial charge in [0, 0.05) is 24.8 Å². The molecular formula is C21H21ClN4O4. The minimum Gasteiger partial charge on any atom is -0.440 e. The van der Waals surface area contributed by atoms with Crippen LogP contribution in [-0.2, 0) is 19.4 Å². The maximum absolute atomic E-state index is 12.4. The van der Waals surface area contributed by atoms with Gasteiger partial charge < -0.3 is 15.1 Å². The normalized spacial score (nSPS) is 12.6. The van der Waals surface area contributed by atoms with Crippen molar-refractivity contribution >= 4 is 29.0 Å². The van der Waals surface area contributed by atoms with Crippen LogP contribution < -0.4 is 21.9 Å². The molecular weight excluding hydrogens is 408 g/mol. The Balaban J connectivity index is 1.35. The fourth-order valence-electron chi connectivity index (χ4n) is 3.57. The molecule has 156 valence electrons. The molecule has 0 unspecified atom stereocenters. The molecule has 0 atom stereocenters. The summed E-state index contributed by atoms with van der Waals surface area (Å²) in [5, 5.41) is 5.88. The van der Waals surface area contributed by atoms with Crippen molar-refractivity contribution in [2.45, 2.75) is 32.2 Å². The number of hydrogen-bond acceptors (Lipinski definition) is 5. The highest BCUT2D eigenvalue weighted by atomic mass is 35.5. The lowest BCUT2D eigenvalue weighted by molar-refractivity contribution is 0.0925. The van der Waals surface area contributed by atoms with E-state index in [2.05, 4.69) is 27.8 Å². The first kappa shape index (κ1) is 20.0. The first-order valence-electron chi connectivity index (χ1n) is 9.76. The third kappa shape index (κ3) is 4.49. The van der Waals surface area contributed by atoms with Gasteiger partial charge in [0.05, 0.1) is 0 Å². The van der Waals surface area contributed by atoms with Gasteiger partial charge in [-0.1, -0.05) is 6.07 Å². The molecule has 0 bridgehead atoms. The van der Waals surface area contributed by atoms with Crippen molar-refractivity contribution in [2.24, 2.45) is 0 Å². The van der Waals surface area contributed by atoms with Crippen molar-refractivity contribution in [3.63, 3.8) is 0 Å². The summed E-state index contributed by atoms with van der Waals surface area (Å²) in [5.41, 5.74) is 2.58. The Morgan fingerprint density at radius 1 is 1.13 bits per heavy atom. The van der Waals surface area contributed by atoms with Crippen LogP contribution >= 0.6 is 11.6 Å². The van der Waals surface area contributed by atoms with Crippen LogP contribution in [0.4, 0.5) is 11.5 Å². The number of anilines is 2. The zero-order chi connectivity index (χ0) is 21.1. The summed E-state index contributed by atoms with van der Waals surface area (Å²) in [4.78, 5) is 39.3. The van der Waals surface area contributed by atoms with Crippen LogP contribution in [0.25, 0.3) is 0 Å². The highest BCUT2D eigenvalue weighted by Crippen LogP contribution is 2.25. The summed E-state index contributed by atoms with van der Waals surface area (Å²) in [5.74, 6) is 0.0521. The zero-order valence-corrected chi connectivity index (χ0v) is 16.9. The highest BCUT2D eigenvalue weighted by molar-refractivity contribution is 6.29. The Morgan fingerprint density at radius 3 is 2.73 bits per heavy atom. The van der Waals surface area contributed by atoms with Crippen LogP contribution in [0, 0.1) is 0 Å². The molecule has 0 saturated carbocycles. The third-order valence-electron chi connectivity index (χ3n) is 5.04. The number of hydrogen-bond donors (Lipinski definition) is 3. The van der Waals surface area contributed by atoms with Crippen molar-refractivity contribution in [3.8, 4) is 0 Å². The molecule has 1 amide bonds. The summed E-state index contributed by atoms with van der Waals surface area (Å²) in [6.45, 7) is 0.449. The molecule has 0 spiro atoms. The van der Waals surface area contributed by atoms with Crippen LogP contribution in [0.5, 0.6) is 0 Å². The average Bonchev–Trinajstić information content (AvgIpc) is 3.35. The van der Waals surface area contributed by atoms with Crippen LogP contribution in [0.2, 0.25) is 5.22 Å². The summed E-state index contributed by atoms with van der Waals surface area (Å²) in [7, 11) is 0. The lowest BCUT2D eigenvalue weighted by Crippen LogP contribution is -2.36. The largest absolute Gasteiger partial charge is 0.440 e. The number of aryl methyl sites for hydroxylation is 2. The monoisotopic (exact) mass is 428 g/mol. The molecule has 30 heavy (non-hydrogen) atoms. The maximum Gasteiger partial charge on any atom is 0.329 e. The summed E-state index contributed by atoms with van der Waals surface area (Å²) < 4.78 is 6.12. The Bertz CT molecular complexity index is 1160. The summed E-state index contributed by atoms with van der Waals surface area (Å²) in [6, 6.07) is 10.4. The maximum atomic E-state index is 12.4. The van der Waals surface area contributed by atoms with E-state index in [1.165, 1.54) is 29.3 Å². The zero-order valence-electron chi connectivity index (χ0n) is 16.2. The number of benzene rings is 1. The number of amides is 1. The lowest BCUT2D eigenvalue weighted by atomic mass is 10.1. The SMILES string of the molecule is O=C(NCCCn1c(=O)cc(Nc2ccc3c(c2)CCC3)[nH]c1=O)c1ccc(Cl)o1. The standard InChI is InChI=1S/C21H21ClN4O4/c22-17-8-7-16(30-17)20(28)23-9-2-10-26-19(27)12-18(25-21(26)29)24-15-6-5-13-3-1-4-14(13)11-15/h5-8,11-12,24H,1-4,9-10H2,(H,23,28)(H,25,29). The minimum atomic E-state index is -0.504. The summed E-state index contributed by atoms with van der Waals surface area (Å²) in [6.07, 6.45) is 3.70. The number of halogens is 1. The average molecular weight is 429 g/mol. The van der Waals surface area contributed by atoms with E-state index < -0.39 is 17.2 Å². The smallest absolute Gasteiger partial charge is 0.329 e. The third-order valence-corrected chi connectivity index (χ3v) is 5.24. The lowest BCUT2D eigenvalue weighted by Gasteiger charge is -2.10. The fourth-order valence-corrected chi connectivity index (χ4v) is 3.71. The van der Waals surface area contributed by atoms with Crippen molar-refractivity contribution in [3.05, 3.63) is 79.3 Å². The Kier molecular flexibility index (Phi) is 5.76. The van der Waals surface area contributed by atoms with Gasteiger partial charge in [0.2, 0.25) is 0 Å². The first-order chi connectivity index (χ1) is 14.5. The van der Waals surface area contributed by atoms with Crippen molar-refractivity contribution in [2.75, 3.05) is 11.9 Å². The van der Waals surface area contributed by atoms with E-state index in [1.54, 1.807) is 0 Å². The number of rotatable bonds is 7. The van der Waals surface area contributed by atoms with E-state index in [4.69, 9.17) is 16.0 Å². The molecule has 1 aliphatic rings. The molecule has 3 N–H and O–H groups in total. The van der Waals surface area contributed by atoms with Gasteiger partial charge in [0.25, 0.3) is 11.5 Å². The molecule has 1 aliphatic carbocycles. The first-order valence-corrected chi connectivity index (χ1v) is 10.1. The van der Waals surface area contributed by atoms with Gasteiger partial charge in [-0.2, -0.15) is 0 Å². The molecule has 2 aromatic heterocycles. The number of fused-ring (bicyclic) bond motifs is 1. The molecule has 0 aliphatic heterocycles.